The molecule has 0 aromatic rings. The second-order valence-corrected chi connectivity index (χ2v) is 4.97. The average molecular weight is 266 g/mol. The van der Waals surface area contributed by atoms with Crippen LogP contribution in [0.5, 0.6) is 0 Å². The maximum Gasteiger partial charge on any atom is 0.282 e. The number of carbonyl (C=O) groups is 2. The summed E-state index contributed by atoms with van der Waals surface area (Å²) in [6.45, 7) is 2.27. The van der Waals surface area contributed by atoms with E-state index in [1.807, 2.05) is 0 Å². The Kier molecular flexibility index (Phi) is 4.89. The van der Waals surface area contributed by atoms with Gasteiger partial charge in [0.05, 0.1) is 0 Å². The van der Waals surface area contributed by atoms with Gasteiger partial charge in [-0.05, 0) is 6.42 Å². The number of halogens is 1. The van der Waals surface area contributed by atoms with Crippen molar-refractivity contribution in [3.8, 4) is 0 Å². The van der Waals surface area contributed by atoms with Crippen molar-refractivity contribution in [2.24, 2.45) is 5.73 Å². The molecular formula is C9H16ClN3O2S. The molecule has 0 aromatic carbocycles. The molecule has 1 unspecified atom stereocenters. The molecule has 0 aromatic heterocycles. The Bertz CT molecular complexity index is 290. The fourth-order valence-electron chi connectivity index (χ4n) is 1.85. The molecule has 2 aliphatic rings. The van der Waals surface area contributed by atoms with Gasteiger partial charge in [0.25, 0.3) is 5.24 Å². The van der Waals surface area contributed by atoms with E-state index in [1.54, 1.807) is 9.80 Å². The number of thioether (sulfide) groups is 1. The van der Waals surface area contributed by atoms with E-state index >= 15 is 0 Å². The number of carbonyl (C=O) groups excluding carboxylic acids is 2. The van der Waals surface area contributed by atoms with Crippen molar-refractivity contribution in [2.45, 2.75) is 12.5 Å². The predicted molar refractivity (Wildman–Crippen MR) is 65.8 cm³/mol. The minimum absolute atomic E-state index is 0. The van der Waals surface area contributed by atoms with Gasteiger partial charge in [0.1, 0.15) is 6.54 Å². The second kappa shape index (κ2) is 5.75. The van der Waals surface area contributed by atoms with Gasteiger partial charge in [-0.3, -0.25) is 9.59 Å². The fourth-order valence-corrected chi connectivity index (χ4v) is 2.67. The van der Waals surface area contributed by atoms with Crippen molar-refractivity contribution in [3.63, 3.8) is 0 Å². The van der Waals surface area contributed by atoms with E-state index in [-0.39, 0.29) is 36.1 Å². The first-order valence-electron chi connectivity index (χ1n) is 5.12. The van der Waals surface area contributed by atoms with Crippen LogP contribution < -0.4 is 5.73 Å². The number of nitrogens with zero attached hydrogens (tertiary/aromatic N) is 2. The van der Waals surface area contributed by atoms with Crippen LogP contribution in [0.2, 0.25) is 0 Å². The molecule has 0 radical (unpaired) electrons. The molecule has 2 N–H and O–H groups in total. The Morgan fingerprint density at radius 3 is 2.75 bits per heavy atom. The zero-order chi connectivity index (χ0) is 10.8. The van der Waals surface area contributed by atoms with E-state index in [1.165, 1.54) is 11.8 Å². The quantitative estimate of drug-likeness (QED) is 0.771. The molecule has 0 spiro atoms. The lowest BCUT2D eigenvalue weighted by Gasteiger charge is -2.20. The van der Waals surface area contributed by atoms with Crippen molar-refractivity contribution < 1.29 is 9.59 Å². The molecule has 2 heterocycles. The third kappa shape index (κ3) is 3.02. The van der Waals surface area contributed by atoms with Crippen LogP contribution in [0.3, 0.4) is 0 Å². The van der Waals surface area contributed by atoms with Gasteiger partial charge in [0.15, 0.2) is 0 Å². The van der Waals surface area contributed by atoms with Crippen molar-refractivity contribution in [1.29, 1.82) is 0 Å². The lowest BCUT2D eigenvalue weighted by molar-refractivity contribution is -0.130. The highest BCUT2D eigenvalue weighted by Gasteiger charge is 2.28. The van der Waals surface area contributed by atoms with Gasteiger partial charge >= 0.3 is 0 Å². The summed E-state index contributed by atoms with van der Waals surface area (Å²) >= 11 is 1.28. The van der Waals surface area contributed by atoms with Gasteiger partial charge in [-0.1, -0.05) is 11.8 Å². The average Bonchev–Trinajstić information content (AvgIpc) is 2.77. The van der Waals surface area contributed by atoms with E-state index in [0.29, 0.717) is 13.1 Å². The topological polar surface area (TPSA) is 66.6 Å². The largest absolute Gasteiger partial charge is 0.340 e. The van der Waals surface area contributed by atoms with Crippen LogP contribution in [0.15, 0.2) is 0 Å². The molecule has 2 fully saturated rings. The van der Waals surface area contributed by atoms with Crippen LogP contribution >= 0.6 is 24.2 Å². The van der Waals surface area contributed by atoms with Gasteiger partial charge in [-0.15, -0.1) is 12.4 Å². The number of hydrogen-bond donors (Lipinski definition) is 1. The summed E-state index contributed by atoms with van der Waals surface area (Å²) in [5.41, 5.74) is 5.72. The minimum atomic E-state index is 0. The maximum atomic E-state index is 11.8. The van der Waals surface area contributed by atoms with Crippen LogP contribution in [-0.4, -0.2) is 58.9 Å². The zero-order valence-corrected chi connectivity index (χ0v) is 10.6. The van der Waals surface area contributed by atoms with Crippen LogP contribution in [0.25, 0.3) is 0 Å². The summed E-state index contributed by atoms with van der Waals surface area (Å²) in [5.74, 6) is 0.824. The first-order valence-corrected chi connectivity index (χ1v) is 6.10. The van der Waals surface area contributed by atoms with E-state index in [4.69, 9.17) is 5.73 Å². The molecule has 2 saturated heterocycles. The molecule has 0 saturated carbocycles. The Morgan fingerprint density at radius 1 is 1.50 bits per heavy atom. The first-order chi connectivity index (χ1) is 7.16. The molecule has 2 amide bonds. The smallest absolute Gasteiger partial charge is 0.282 e. The van der Waals surface area contributed by atoms with Gasteiger partial charge in [-0.2, -0.15) is 0 Å². The van der Waals surface area contributed by atoms with Gasteiger partial charge in [-0.25, -0.2) is 0 Å². The number of rotatable bonds is 2. The molecule has 0 bridgehead atoms. The molecule has 2 rings (SSSR count). The summed E-state index contributed by atoms with van der Waals surface area (Å²) in [7, 11) is 0. The number of nitrogens with two attached hydrogens (primary N) is 1. The molecule has 7 heteroatoms. The predicted octanol–water partition coefficient (Wildman–Crippen LogP) is 0.137. The molecule has 92 valence electrons. The van der Waals surface area contributed by atoms with E-state index in [2.05, 4.69) is 0 Å². The summed E-state index contributed by atoms with van der Waals surface area (Å²) in [6.07, 6.45) is 0.869. The monoisotopic (exact) mass is 265 g/mol. The van der Waals surface area contributed by atoms with E-state index in [9.17, 15) is 9.59 Å². The molecule has 0 aliphatic carbocycles. The molecule has 1 atom stereocenters. The highest BCUT2D eigenvalue weighted by atomic mass is 35.5. The van der Waals surface area contributed by atoms with E-state index in [0.717, 1.165) is 18.7 Å². The fraction of sp³-hybridized carbons (Fsp3) is 0.778. The van der Waals surface area contributed by atoms with Crippen LogP contribution in [-0.2, 0) is 4.79 Å². The van der Waals surface area contributed by atoms with Crippen molar-refractivity contribution in [2.75, 3.05) is 31.9 Å². The molecule has 16 heavy (non-hydrogen) atoms. The summed E-state index contributed by atoms with van der Waals surface area (Å²) in [4.78, 5) is 26.4. The van der Waals surface area contributed by atoms with Crippen LogP contribution in [0.4, 0.5) is 4.79 Å². The summed E-state index contributed by atoms with van der Waals surface area (Å²) < 4.78 is 0. The SMILES string of the molecule is Cl.NC1CCN(C(=O)CN2CCSC2=O)C1. The highest BCUT2D eigenvalue weighted by Crippen LogP contribution is 2.17. The van der Waals surface area contributed by atoms with E-state index < -0.39 is 0 Å². The number of amides is 2. The van der Waals surface area contributed by atoms with Crippen molar-refractivity contribution >= 4 is 35.3 Å². The minimum Gasteiger partial charge on any atom is -0.340 e. The number of likely N-dealkylation sites (tertiary alicyclic amines) is 1. The summed E-state index contributed by atoms with van der Waals surface area (Å²) in [5, 5.41) is 0.0202. The lowest BCUT2D eigenvalue weighted by Crippen LogP contribution is -2.40. The van der Waals surface area contributed by atoms with Crippen molar-refractivity contribution in [1.82, 2.24) is 9.80 Å². The highest BCUT2D eigenvalue weighted by molar-refractivity contribution is 8.13. The first kappa shape index (κ1) is 13.6. The molecule has 5 nitrogen and oxygen atoms in total. The molecular weight excluding hydrogens is 250 g/mol. The lowest BCUT2D eigenvalue weighted by atomic mass is 10.3. The van der Waals surface area contributed by atoms with Crippen molar-refractivity contribution in [3.05, 3.63) is 0 Å². The Hall–Kier alpha value is -0.460. The third-order valence-electron chi connectivity index (χ3n) is 2.75. The Morgan fingerprint density at radius 2 is 2.25 bits per heavy atom. The van der Waals surface area contributed by atoms with Crippen LogP contribution in [0.1, 0.15) is 6.42 Å². The maximum absolute atomic E-state index is 11.8. The van der Waals surface area contributed by atoms with Gasteiger partial charge in [0.2, 0.25) is 5.91 Å². The summed E-state index contributed by atoms with van der Waals surface area (Å²) in [6, 6.07) is 0.109. The Labute approximate surface area is 105 Å². The standard InChI is InChI=1S/C9H15N3O2S.ClH/c10-7-1-2-11(5-7)8(13)6-12-3-4-15-9(12)14;/h7H,1-6,10H2;1H. The van der Waals surface area contributed by atoms with Gasteiger partial charge in [0, 0.05) is 31.4 Å². The van der Waals surface area contributed by atoms with Crippen LogP contribution in [0, 0.1) is 0 Å². The number of hydrogen-bond acceptors (Lipinski definition) is 4. The molecule has 2 aliphatic heterocycles. The normalized spacial score (nSPS) is 24.8. The Balaban J connectivity index is 0.00000128. The van der Waals surface area contributed by atoms with Gasteiger partial charge < -0.3 is 15.5 Å². The third-order valence-corrected chi connectivity index (χ3v) is 3.64. The second-order valence-electron chi connectivity index (χ2n) is 3.92. The zero-order valence-electron chi connectivity index (χ0n) is 8.92.